The predicted octanol–water partition coefficient (Wildman–Crippen LogP) is 5.62. The molecule has 0 atom stereocenters. The van der Waals surface area contributed by atoms with Crippen LogP contribution in [0.5, 0.6) is 0 Å². The minimum Gasteiger partial charge on any atom is -0.282 e. The summed E-state index contributed by atoms with van der Waals surface area (Å²) in [6.07, 6.45) is 13.6. The summed E-state index contributed by atoms with van der Waals surface area (Å²) in [7, 11) is -4.07. The van der Waals surface area contributed by atoms with E-state index >= 15 is 0 Å². The molecule has 3 nitrogen and oxygen atoms in total. The number of halogens is 1. The van der Waals surface area contributed by atoms with Crippen LogP contribution in [0.25, 0.3) is 0 Å². The third-order valence-corrected chi connectivity index (χ3v) is 5.21. The summed E-state index contributed by atoms with van der Waals surface area (Å²) >= 11 is 5.65. The van der Waals surface area contributed by atoms with Crippen LogP contribution in [-0.4, -0.2) is 18.9 Å². The molecule has 0 saturated carbocycles. The molecule has 1 aromatic rings. The van der Waals surface area contributed by atoms with Gasteiger partial charge in [0.15, 0.2) is 0 Å². The summed E-state index contributed by atoms with van der Waals surface area (Å²) in [5.74, 6) is 0.790. The Morgan fingerprint density at radius 1 is 0.739 bits per heavy atom. The Labute approximate surface area is 146 Å². The van der Waals surface area contributed by atoms with Crippen molar-refractivity contribution in [2.24, 2.45) is 0 Å². The van der Waals surface area contributed by atoms with E-state index in [1.54, 1.807) is 12.1 Å². The highest BCUT2D eigenvalue weighted by Gasteiger charge is 2.08. The average Bonchev–Trinajstić information content (AvgIpc) is 2.52. The first-order valence-corrected chi connectivity index (χ1v) is 10.6. The summed E-state index contributed by atoms with van der Waals surface area (Å²) in [6.45, 7) is 0. The van der Waals surface area contributed by atoms with Crippen molar-refractivity contribution in [3.05, 3.63) is 29.8 Å². The van der Waals surface area contributed by atoms with E-state index in [1.165, 1.54) is 63.5 Å². The van der Waals surface area contributed by atoms with Crippen LogP contribution in [0.4, 0.5) is 0 Å². The van der Waals surface area contributed by atoms with E-state index in [9.17, 15) is 8.42 Å². The van der Waals surface area contributed by atoms with Crippen LogP contribution in [0.2, 0.25) is 0 Å². The minimum absolute atomic E-state index is 0.0349. The van der Waals surface area contributed by atoms with E-state index in [-0.39, 0.29) is 4.90 Å². The van der Waals surface area contributed by atoms with Crippen molar-refractivity contribution >= 4 is 21.7 Å². The molecule has 0 amide bonds. The zero-order valence-electron chi connectivity index (χ0n) is 13.8. The van der Waals surface area contributed by atoms with E-state index in [4.69, 9.17) is 16.2 Å². The zero-order chi connectivity index (χ0) is 17.0. The van der Waals surface area contributed by atoms with Crippen molar-refractivity contribution in [2.45, 2.75) is 75.5 Å². The average molecular weight is 361 g/mol. The van der Waals surface area contributed by atoms with Gasteiger partial charge in [-0.2, -0.15) is 8.42 Å². The lowest BCUT2D eigenvalue weighted by Gasteiger charge is -2.04. The first-order chi connectivity index (χ1) is 11.0. The summed E-state index contributed by atoms with van der Waals surface area (Å²) in [5, 5.41) is 0. The fourth-order valence-electron chi connectivity index (χ4n) is 2.67. The molecule has 0 radical (unpaired) electrons. The Kier molecular flexibility index (Phi) is 10.6. The number of rotatable bonds is 13. The number of hydrogen-bond donors (Lipinski definition) is 1. The van der Waals surface area contributed by atoms with Gasteiger partial charge in [-0.3, -0.25) is 4.55 Å². The number of benzene rings is 1. The molecule has 0 heterocycles. The molecule has 0 aliphatic carbocycles. The van der Waals surface area contributed by atoms with Gasteiger partial charge in [0, 0.05) is 5.88 Å². The van der Waals surface area contributed by atoms with Crippen molar-refractivity contribution in [2.75, 3.05) is 5.88 Å². The Hall–Kier alpha value is -0.580. The quantitative estimate of drug-likeness (QED) is 0.282. The Balaban J connectivity index is 2.01. The van der Waals surface area contributed by atoms with Crippen LogP contribution < -0.4 is 0 Å². The normalized spacial score (nSPS) is 11.7. The van der Waals surface area contributed by atoms with E-state index < -0.39 is 10.1 Å². The van der Waals surface area contributed by atoms with Crippen molar-refractivity contribution in [1.82, 2.24) is 0 Å². The number of unbranched alkanes of at least 4 members (excludes halogenated alkanes) is 9. The molecular weight excluding hydrogens is 332 g/mol. The van der Waals surface area contributed by atoms with Gasteiger partial charge in [-0.15, -0.1) is 11.6 Å². The lowest BCUT2D eigenvalue weighted by molar-refractivity contribution is 0.483. The van der Waals surface area contributed by atoms with Gasteiger partial charge in [-0.05, 0) is 37.0 Å². The van der Waals surface area contributed by atoms with Crippen molar-refractivity contribution in [3.63, 3.8) is 0 Å². The lowest BCUT2D eigenvalue weighted by atomic mass is 10.0. The minimum atomic E-state index is -4.07. The highest BCUT2D eigenvalue weighted by molar-refractivity contribution is 7.85. The topological polar surface area (TPSA) is 54.4 Å². The van der Waals surface area contributed by atoms with Gasteiger partial charge < -0.3 is 0 Å². The Bertz CT molecular complexity index is 512. The molecule has 0 aliphatic heterocycles. The fourth-order valence-corrected chi connectivity index (χ4v) is 3.33. The number of aryl methyl sites for hydroxylation is 1. The molecule has 0 bridgehead atoms. The molecule has 1 rings (SSSR count). The molecule has 1 aromatic carbocycles. The standard InChI is InChI=1S/C18H29ClO3S/c19-16-10-8-6-4-2-1-3-5-7-9-11-17-12-14-18(15-13-17)23(20,21)22/h12-15H,1-11,16H2,(H,20,21,22). The van der Waals surface area contributed by atoms with E-state index in [1.807, 2.05) is 0 Å². The van der Waals surface area contributed by atoms with Gasteiger partial charge >= 0.3 is 0 Å². The fraction of sp³-hybridized carbons (Fsp3) is 0.667. The van der Waals surface area contributed by atoms with Crippen molar-refractivity contribution in [3.8, 4) is 0 Å². The van der Waals surface area contributed by atoms with Crippen LogP contribution in [0.15, 0.2) is 29.2 Å². The SMILES string of the molecule is O=S(=O)(O)c1ccc(CCCCCCCCCCCCCl)cc1. The van der Waals surface area contributed by atoms with Crippen LogP contribution in [0.1, 0.15) is 69.8 Å². The Morgan fingerprint density at radius 3 is 1.61 bits per heavy atom. The molecular formula is C18H29ClO3S. The first-order valence-electron chi connectivity index (χ1n) is 8.66. The molecule has 132 valence electrons. The monoisotopic (exact) mass is 360 g/mol. The lowest BCUT2D eigenvalue weighted by Crippen LogP contribution is -1.98. The van der Waals surface area contributed by atoms with Gasteiger partial charge in [-0.25, -0.2) is 0 Å². The molecule has 1 N–H and O–H groups in total. The summed E-state index contributed by atoms with van der Waals surface area (Å²) in [5.41, 5.74) is 1.12. The van der Waals surface area contributed by atoms with Gasteiger partial charge in [0.25, 0.3) is 10.1 Å². The van der Waals surface area contributed by atoms with Crippen LogP contribution in [0.3, 0.4) is 0 Å². The maximum Gasteiger partial charge on any atom is 0.294 e. The number of alkyl halides is 1. The van der Waals surface area contributed by atoms with E-state index in [0.29, 0.717) is 0 Å². The van der Waals surface area contributed by atoms with Crippen LogP contribution in [-0.2, 0) is 16.5 Å². The second-order valence-electron chi connectivity index (χ2n) is 6.09. The summed E-state index contributed by atoms with van der Waals surface area (Å²) < 4.78 is 30.8. The van der Waals surface area contributed by atoms with Gasteiger partial charge in [0.2, 0.25) is 0 Å². The van der Waals surface area contributed by atoms with Gasteiger partial charge in [-0.1, -0.05) is 63.5 Å². The molecule has 0 unspecified atom stereocenters. The molecule has 0 spiro atoms. The van der Waals surface area contributed by atoms with E-state index in [2.05, 4.69) is 0 Å². The largest absolute Gasteiger partial charge is 0.294 e. The molecule has 23 heavy (non-hydrogen) atoms. The molecule has 0 aromatic heterocycles. The smallest absolute Gasteiger partial charge is 0.282 e. The van der Waals surface area contributed by atoms with Crippen LogP contribution in [0, 0.1) is 0 Å². The van der Waals surface area contributed by atoms with Crippen molar-refractivity contribution in [1.29, 1.82) is 0 Å². The maximum atomic E-state index is 11.0. The van der Waals surface area contributed by atoms with Crippen molar-refractivity contribution < 1.29 is 13.0 Å². The highest BCUT2D eigenvalue weighted by atomic mass is 35.5. The predicted molar refractivity (Wildman–Crippen MR) is 96.9 cm³/mol. The van der Waals surface area contributed by atoms with Gasteiger partial charge in [0.1, 0.15) is 0 Å². The zero-order valence-corrected chi connectivity index (χ0v) is 15.4. The van der Waals surface area contributed by atoms with Gasteiger partial charge in [0.05, 0.1) is 4.90 Å². The highest BCUT2D eigenvalue weighted by Crippen LogP contribution is 2.14. The molecule has 5 heteroatoms. The molecule has 0 fully saturated rings. The Morgan fingerprint density at radius 2 is 1.17 bits per heavy atom. The summed E-state index contributed by atoms with van der Waals surface area (Å²) in [6, 6.07) is 6.50. The molecule has 0 aliphatic rings. The number of hydrogen-bond acceptors (Lipinski definition) is 2. The molecule has 0 saturated heterocycles. The van der Waals surface area contributed by atoms with E-state index in [0.717, 1.165) is 30.7 Å². The second kappa shape index (κ2) is 11.9. The summed E-state index contributed by atoms with van der Waals surface area (Å²) in [4.78, 5) is -0.0349. The first kappa shape index (κ1) is 20.5. The maximum absolute atomic E-state index is 11.0. The second-order valence-corrected chi connectivity index (χ2v) is 7.89. The van der Waals surface area contributed by atoms with Crippen LogP contribution >= 0.6 is 11.6 Å². The third-order valence-electron chi connectivity index (χ3n) is 4.07. The third kappa shape index (κ3) is 10.0.